The van der Waals surface area contributed by atoms with Crippen LogP contribution in [0.15, 0.2) is 60.8 Å². The van der Waals surface area contributed by atoms with Crippen LogP contribution in [0.25, 0.3) is 5.69 Å². The van der Waals surface area contributed by atoms with E-state index in [1.54, 1.807) is 29.0 Å². The molecule has 25 heavy (non-hydrogen) atoms. The Morgan fingerprint density at radius 3 is 2.00 bits per heavy atom. The van der Waals surface area contributed by atoms with Gasteiger partial charge in [-0.15, -0.1) is 0 Å². The van der Waals surface area contributed by atoms with Crippen LogP contribution in [0.5, 0.6) is 0 Å². The van der Waals surface area contributed by atoms with Crippen molar-refractivity contribution in [1.82, 2.24) is 4.57 Å². The van der Waals surface area contributed by atoms with Crippen LogP contribution in [0, 0.1) is 13.8 Å². The maximum absolute atomic E-state index is 12.5. The summed E-state index contributed by atoms with van der Waals surface area (Å²) < 4.78 is 1.61. The van der Waals surface area contributed by atoms with Gasteiger partial charge >= 0.3 is 5.97 Å². The van der Waals surface area contributed by atoms with Gasteiger partial charge in [0.2, 0.25) is 0 Å². The quantitative estimate of drug-likeness (QED) is 0.711. The molecule has 0 spiro atoms. The van der Waals surface area contributed by atoms with E-state index < -0.39 is 5.97 Å². The lowest BCUT2D eigenvalue weighted by Gasteiger charge is -2.08. The van der Waals surface area contributed by atoms with Crippen molar-refractivity contribution in [3.63, 3.8) is 0 Å². The van der Waals surface area contributed by atoms with Crippen molar-refractivity contribution < 1.29 is 14.7 Å². The lowest BCUT2D eigenvalue weighted by atomic mass is 10.0. The first kappa shape index (κ1) is 16.7. The van der Waals surface area contributed by atoms with Crippen LogP contribution < -0.4 is 0 Å². The molecule has 0 amide bonds. The number of benzene rings is 2. The summed E-state index contributed by atoms with van der Waals surface area (Å²) >= 11 is 0. The van der Waals surface area contributed by atoms with Crippen molar-refractivity contribution in [2.24, 2.45) is 0 Å². The summed E-state index contributed by atoms with van der Waals surface area (Å²) in [4.78, 5) is 24.3. The standard InChI is InChI=1S/C21H19NO3/c1-14-3-7-16(8-4-14)19(23)13-17-11-12-22(20(17)21(24)25)18-9-5-15(2)6-10-18/h3-12H,13H2,1-2H3,(H,24,25). The highest BCUT2D eigenvalue weighted by molar-refractivity contribution is 5.99. The number of hydrogen-bond acceptors (Lipinski definition) is 2. The summed E-state index contributed by atoms with van der Waals surface area (Å²) in [5.41, 5.74) is 4.17. The predicted octanol–water partition coefficient (Wildman–Crippen LogP) is 4.22. The summed E-state index contributed by atoms with van der Waals surface area (Å²) in [5, 5.41) is 9.64. The number of carbonyl (C=O) groups excluding carboxylic acids is 1. The highest BCUT2D eigenvalue weighted by atomic mass is 16.4. The summed E-state index contributed by atoms with van der Waals surface area (Å²) in [6.45, 7) is 3.93. The van der Waals surface area contributed by atoms with E-state index in [1.165, 1.54) is 0 Å². The molecule has 0 aliphatic heterocycles. The number of carboxylic acids is 1. The van der Waals surface area contributed by atoms with Crippen LogP contribution in [0.4, 0.5) is 0 Å². The number of aryl methyl sites for hydroxylation is 2. The Morgan fingerprint density at radius 2 is 1.44 bits per heavy atom. The normalized spacial score (nSPS) is 10.6. The summed E-state index contributed by atoms with van der Waals surface area (Å²) in [7, 11) is 0. The molecule has 0 aliphatic rings. The SMILES string of the molecule is Cc1ccc(C(=O)Cc2ccn(-c3ccc(C)cc3)c2C(=O)O)cc1. The van der Waals surface area contributed by atoms with Gasteiger partial charge in [-0.1, -0.05) is 47.5 Å². The Hall–Kier alpha value is -3.14. The molecule has 0 fully saturated rings. The molecule has 2 aromatic carbocycles. The van der Waals surface area contributed by atoms with E-state index in [0.29, 0.717) is 11.1 Å². The molecule has 1 N–H and O–H groups in total. The second-order valence-corrected chi connectivity index (χ2v) is 6.17. The average Bonchev–Trinajstić information content (AvgIpc) is 3.00. The number of rotatable bonds is 5. The molecule has 0 radical (unpaired) electrons. The molecular weight excluding hydrogens is 314 g/mol. The van der Waals surface area contributed by atoms with Gasteiger partial charge in [0.15, 0.2) is 5.78 Å². The topological polar surface area (TPSA) is 59.3 Å². The van der Waals surface area contributed by atoms with Gasteiger partial charge in [0.25, 0.3) is 0 Å². The van der Waals surface area contributed by atoms with Gasteiger partial charge in [-0.3, -0.25) is 4.79 Å². The van der Waals surface area contributed by atoms with Crippen molar-refractivity contribution in [3.05, 3.63) is 88.7 Å². The number of carbonyl (C=O) groups is 2. The molecule has 0 unspecified atom stereocenters. The van der Waals surface area contributed by atoms with Gasteiger partial charge in [-0.05, 0) is 37.6 Å². The van der Waals surface area contributed by atoms with Gasteiger partial charge in [0, 0.05) is 23.9 Å². The summed E-state index contributed by atoms with van der Waals surface area (Å²) in [5.74, 6) is -1.14. The fraction of sp³-hybridized carbons (Fsp3) is 0.143. The minimum atomic E-state index is -1.04. The van der Waals surface area contributed by atoms with E-state index >= 15 is 0 Å². The Balaban J connectivity index is 1.94. The molecule has 126 valence electrons. The van der Waals surface area contributed by atoms with Gasteiger partial charge < -0.3 is 9.67 Å². The number of carboxylic acid groups (broad SMARTS) is 1. The Labute approximate surface area is 146 Å². The first-order valence-electron chi connectivity index (χ1n) is 8.06. The van der Waals surface area contributed by atoms with Gasteiger partial charge in [-0.2, -0.15) is 0 Å². The van der Waals surface area contributed by atoms with E-state index in [-0.39, 0.29) is 17.9 Å². The van der Waals surface area contributed by atoms with Crippen LogP contribution in [-0.2, 0) is 6.42 Å². The third-order valence-corrected chi connectivity index (χ3v) is 4.21. The number of hydrogen-bond donors (Lipinski definition) is 1. The zero-order valence-electron chi connectivity index (χ0n) is 14.2. The van der Waals surface area contributed by atoms with Gasteiger partial charge in [-0.25, -0.2) is 4.79 Å². The van der Waals surface area contributed by atoms with Crippen molar-refractivity contribution in [2.75, 3.05) is 0 Å². The Kier molecular flexibility index (Phi) is 4.52. The molecule has 4 heteroatoms. The molecule has 0 aliphatic carbocycles. The lowest BCUT2D eigenvalue weighted by molar-refractivity contribution is 0.0687. The molecule has 1 aromatic heterocycles. The lowest BCUT2D eigenvalue weighted by Crippen LogP contribution is -2.11. The molecule has 3 rings (SSSR count). The monoisotopic (exact) mass is 333 g/mol. The summed E-state index contributed by atoms with van der Waals surface area (Å²) in [6.07, 6.45) is 1.76. The first-order valence-corrected chi connectivity index (χ1v) is 8.06. The number of ketones is 1. The molecule has 0 bridgehead atoms. The van der Waals surface area contributed by atoms with Crippen molar-refractivity contribution >= 4 is 11.8 Å². The van der Waals surface area contributed by atoms with Crippen molar-refractivity contribution in [3.8, 4) is 5.69 Å². The third kappa shape index (κ3) is 3.53. The van der Waals surface area contributed by atoms with E-state index in [4.69, 9.17) is 0 Å². The van der Waals surface area contributed by atoms with Crippen LogP contribution in [-0.4, -0.2) is 21.4 Å². The number of Topliss-reactive ketones (excluding diaryl/α,β-unsaturated/α-hetero) is 1. The smallest absolute Gasteiger partial charge is 0.353 e. The van der Waals surface area contributed by atoms with E-state index in [1.807, 2.05) is 50.2 Å². The maximum atomic E-state index is 12.5. The average molecular weight is 333 g/mol. The molecule has 0 saturated heterocycles. The van der Waals surface area contributed by atoms with E-state index in [9.17, 15) is 14.7 Å². The predicted molar refractivity (Wildman–Crippen MR) is 96.7 cm³/mol. The van der Waals surface area contributed by atoms with Crippen molar-refractivity contribution in [1.29, 1.82) is 0 Å². The molecule has 1 heterocycles. The number of aromatic nitrogens is 1. The van der Waals surface area contributed by atoms with Crippen LogP contribution >= 0.6 is 0 Å². The molecule has 4 nitrogen and oxygen atoms in total. The number of nitrogens with zero attached hydrogens (tertiary/aromatic N) is 1. The Bertz CT molecular complexity index is 919. The third-order valence-electron chi connectivity index (χ3n) is 4.21. The fourth-order valence-corrected chi connectivity index (χ4v) is 2.79. The zero-order valence-corrected chi connectivity index (χ0v) is 14.2. The largest absolute Gasteiger partial charge is 0.477 e. The molecule has 0 saturated carbocycles. The molecular formula is C21H19NO3. The van der Waals surface area contributed by atoms with Crippen LogP contribution in [0.2, 0.25) is 0 Å². The summed E-state index contributed by atoms with van der Waals surface area (Å²) in [6, 6.07) is 16.6. The molecule has 3 aromatic rings. The highest BCUT2D eigenvalue weighted by Crippen LogP contribution is 2.20. The number of aromatic carboxylic acids is 1. The zero-order chi connectivity index (χ0) is 18.0. The van der Waals surface area contributed by atoms with Gasteiger partial charge in [0.05, 0.1) is 0 Å². The second kappa shape index (κ2) is 6.77. The van der Waals surface area contributed by atoms with Gasteiger partial charge in [0.1, 0.15) is 5.69 Å². The fourth-order valence-electron chi connectivity index (χ4n) is 2.79. The van der Waals surface area contributed by atoms with Crippen LogP contribution in [0.3, 0.4) is 0 Å². The Morgan fingerprint density at radius 1 is 0.880 bits per heavy atom. The molecule has 0 atom stereocenters. The second-order valence-electron chi connectivity index (χ2n) is 6.17. The highest BCUT2D eigenvalue weighted by Gasteiger charge is 2.20. The maximum Gasteiger partial charge on any atom is 0.353 e. The minimum absolute atomic E-state index is 0.0591. The van der Waals surface area contributed by atoms with E-state index in [2.05, 4.69) is 0 Å². The van der Waals surface area contributed by atoms with E-state index in [0.717, 1.165) is 16.8 Å². The van der Waals surface area contributed by atoms with Crippen molar-refractivity contribution in [2.45, 2.75) is 20.3 Å². The van der Waals surface area contributed by atoms with Crippen LogP contribution in [0.1, 0.15) is 37.5 Å². The first-order chi connectivity index (χ1) is 12.0. The minimum Gasteiger partial charge on any atom is -0.477 e.